The van der Waals surface area contributed by atoms with Crippen LogP contribution in [0, 0.1) is 11.8 Å². The summed E-state index contributed by atoms with van der Waals surface area (Å²) in [4.78, 5) is 2.72. The Morgan fingerprint density at radius 2 is 1.30 bits per heavy atom. The van der Waals surface area contributed by atoms with Gasteiger partial charge in [0.25, 0.3) is 0 Å². The Morgan fingerprint density at radius 1 is 0.800 bits per heavy atom. The molecule has 4 heterocycles. The molecule has 4 atom stereocenters. The van der Waals surface area contributed by atoms with Crippen molar-refractivity contribution in [1.82, 2.24) is 10.2 Å². The molecule has 4 aliphatic heterocycles. The van der Waals surface area contributed by atoms with Gasteiger partial charge in [0.15, 0.2) is 0 Å². The van der Waals surface area contributed by atoms with Gasteiger partial charge < -0.3 is 5.32 Å². The molecule has 116 valence electrons. The predicted octanol–water partition coefficient (Wildman–Crippen LogP) is 3.81. The smallest absolute Gasteiger partial charge is 0.0101 e. The lowest BCUT2D eigenvalue weighted by molar-refractivity contribution is 0.117. The first-order valence-electron chi connectivity index (χ1n) is 9.17. The summed E-state index contributed by atoms with van der Waals surface area (Å²) < 4.78 is 0. The van der Waals surface area contributed by atoms with E-state index in [0.717, 1.165) is 36.0 Å². The Bertz CT molecular complexity index is 291. The molecule has 0 aliphatic carbocycles. The fourth-order valence-electron chi connectivity index (χ4n) is 5.40. The van der Waals surface area contributed by atoms with Gasteiger partial charge in [-0.25, -0.2) is 0 Å². The van der Waals surface area contributed by atoms with Gasteiger partial charge in [0, 0.05) is 24.2 Å². The lowest BCUT2D eigenvalue weighted by Crippen LogP contribution is -2.41. The highest BCUT2D eigenvalue weighted by molar-refractivity contribution is 4.93. The van der Waals surface area contributed by atoms with Gasteiger partial charge in [0.1, 0.15) is 0 Å². The second-order valence-corrected chi connectivity index (χ2v) is 8.01. The zero-order valence-electron chi connectivity index (χ0n) is 13.8. The van der Waals surface area contributed by atoms with E-state index >= 15 is 0 Å². The molecule has 4 unspecified atom stereocenters. The van der Waals surface area contributed by atoms with Crippen LogP contribution in [0.15, 0.2) is 0 Å². The SMILES string of the molecule is CC1CC2CCC(C1)N2.CCN1C2CCC1CC(C)C2. The van der Waals surface area contributed by atoms with Gasteiger partial charge in [0.2, 0.25) is 0 Å². The van der Waals surface area contributed by atoms with Crippen molar-refractivity contribution in [3.63, 3.8) is 0 Å². The summed E-state index contributed by atoms with van der Waals surface area (Å²) in [7, 11) is 0. The maximum Gasteiger partial charge on any atom is 0.0101 e. The highest BCUT2D eigenvalue weighted by atomic mass is 15.2. The molecule has 0 aromatic rings. The molecule has 4 bridgehead atoms. The van der Waals surface area contributed by atoms with Crippen LogP contribution in [0.3, 0.4) is 0 Å². The second kappa shape index (κ2) is 6.36. The largest absolute Gasteiger partial charge is 0.311 e. The third-order valence-corrected chi connectivity index (χ3v) is 6.19. The van der Waals surface area contributed by atoms with Crippen molar-refractivity contribution in [2.24, 2.45) is 11.8 Å². The summed E-state index contributed by atoms with van der Waals surface area (Å²) in [6.45, 7) is 8.38. The number of nitrogens with one attached hydrogen (secondary N) is 1. The minimum Gasteiger partial charge on any atom is -0.311 e. The Morgan fingerprint density at radius 3 is 1.80 bits per heavy atom. The van der Waals surface area contributed by atoms with Gasteiger partial charge in [0.05, 0.1) is 0 Å². The van der Waals surface area contributed by atoms with E-state index in [1.54, 1.807) is 0 Å². The molecule has 0 amide bonds. The third kappa shape index (κ3) is 3.22. The first-order chi connectivity index (χ1) is 9.65. The van der Waals surface area contributed by atoms with E-state index in [2.05, 4.69) is 31.0 Å². The summed E-state index contributed by atoms with van der Waals surface area (Å²) in [5, 5.41) is 3.62. The predicted molar refractivity (Wildman–Crippen MR) is 85.9 cm³/mol. The summed E-state index contributed by atoms with van der Waals surface area (Å²) >= 11 is 0. The van der Waals surface area contributed by atoms with Crippen molar-refractivity contribution < 1.29 is 0 Å². The fraction of sp³-hybridized carbons (Fsp3) is 1.00. The molecule has 0 aromatic carbocycles. The standard InChI is InChI=1S/C10H19N.C8H15N/c1-3-11-9-4-5-10(11)7-8(2)6-9;1-6-4-7-2-3-8(5-6)9-7/h8-10H,3-7H2,1-2H3;6-9H,2-5H2,1H3. The maximum absolute atomic E-state index is 3.62. The van der Waals surface area contributed by atoms with Crippen LogP contribution in [0.1, 0.15) is 72.1 Å². The highest BCUT2D eigenvalue weighted by Crippen LogP contribution is 2.37. The number of hydrogen-bond donors (Lipinski definition) is 1. The number of nitrogens with zero attached hydrogens (tertiary/aromatic N) is 1. The van der Waals surface area contributed by atoms with Gasteiger partial charge in [-0.2, -0.15) is 0 Å². The molecule has 1 N–H and O–H groups in total. The van der Waals surface area contributed by atoms with Crippen LogP contribution in [0.5, 0.6) is 0 Å². The summed E-state index contributed by atoms with van der Waals surface area (Å²) in [6, 6.07) is 3.68. The van der Waals surface area contributed by atoms with Crippen LogP contribution in [0.4, 0.5) is 0 Å². The van der Waals surface area contributed by atoms with Gasteiger partial charge >= 0.3 is 0 Å². The highest BCUT2D eigenvalue weighted by Gasteiger charge is 2.37. The lowest BCUT2D eigenvalue weighted by atomic mass is 9.92. The van der Waals surface area contributed by atoms with E-state index in [1.807, 2.05) is 0 Å². The molecule has 0 radical (unpaired) electrons. The molecule has 0 spiro atoms. The lowest BCUT2D eigenvalue weighted by Gasteiger charge is -2.36. The number of piperidine rings is 2. The van der Waals surface area contributed by atoms with Crippen LogP contribution in [-0.2, 0) is 0 Å². The van der Waals surface area contributed by atoms with Crippen molar-refractivity contribution in [2.75, 3.05) is 6.54 Å². The minimum atomic E-state index is 0.888. The topological polar surface area (TPSA) is 15.3 Å². The number of rotatable bonds is 1. The van der Waals surface area contributed by atoms with Gasteiger partial charge in [-0.15, -0.1) is 0 Å². The minimum absolute atomic E-state index is 0.888. The zero-order valence-corrected chi connectivity index (χ0v) is 13.8. The normalized spacial score (nSPS) is 47.0. The van der Waals surface area contributed by atoms with Crippen LogP contribution in [-0.4, -0.2) is 35.6 Å². The van der Waals surface area contributed by atoms with Crippen molar-refractivity contribution in [1.29, 1.82) is 0 Å². The van der Waals surface area contributed by atoms with Gasteiger partial charge in [-0.05, 0) is 69.7 Å². The van der Waals surface area contributed by atoms with Crippen molar-refractivity contribution in [3.8, 4) is 0 Å². The summed E-state index contributed by atoms with van der Waals surface area (Å²) in [5.41, 5.74) is 0. The molecule has 4 saturated heterocycles. The molecule has 4 rings (SSSR count). The first-order valence-corrected chi connectivity index (χ1v) is 9.17. The van der Waals surface area contributed by atoms with Crippen LogP contribution in [0.2, 0.25) is 0 Å². The third-order valence-electron chi connectivity index (χ3n) is 6.19. The average molecular weight is 278 g/mol. The van der Waals surface area contributed by atoms with Crippen LogP contribution < -0.4 is 5.32 Å². The van der Waals surface area contributed by atoms with Crippen molar-refractivity contribution >= 4 is 0 Å². The van der Waals surface area contributed by atoms with E-state index in [0.29, 0.717) is 0 Å². The van der Waals surface area contributed by atoms with Crippen LogP contribution in [0.25, 0.3) is 0 Å². The molecular weight excluding hydrogens is 244 g/mol. The Kier molecular flexibility index (Phi) is 4.72. The molecule has 2 nitrogen and oxygen atoms in total. The van der Waals surface area contributed by atoms with E-state index < -0.39 is 0 Å². The quantitative estimate of drug-likeness (QED) is 0.785. The van der Waals surface area contributed by atoms with E-state index in [4.69, 9.17) is 0 Å². The maximum atomic E-state index is 3.62. The molecule has 4 fully saturated rings. The molecule has 0 saturated carbocycles. The molecule has 20 heavy (non-hydrogen) atoms. The number of hydrogen-bond acceptors (Lipinski definition) is 2. The van der Waals surface area contributed by atoms with Crippen molar-refractivity contribution in [3.05, 3.63) is 0 Å². The summed E-state index contributed by atoms with van der Waals surface area (Å²) in [5.74, 6) is 1.99. The average Bonchev–Trinajstić information content (AvgIpc) is 2.88. The second-order valence-electron chi connectivity index (χ2n) is 8.01. The first kappa shape index (κ1) is 14.8. The Labute approximate surface area is 125 Å². The summed E-state index contributed by atoms with van der Waals surface area (Å²) in [6.07, 6.45) is 11.6. The van der Waals surface area contributed by atoms with Gasteiger partial charge in [-0.3, -0.25) is 4.90 Å². The van der Waals surface area contributed by atoms with E-state index in [1.165, 1.54) is 57.9 Å². The molecular formula is C18H34N2. The Balaban J connectivity index is 0.000000123. The van der Waals surface area contributed by atoms with Gasteiger partial charge in [-0.1, -0.05) is 20.8 Å². The Hall–Kier alpha value is -0.0800. The monoisotopic (exact) mass is 278 g/mol. The van der Waals surface area contributed by atoms with E-state index in [9.17, 15) is 0 Å². The number of fused-ring (bicyclic) bond motifs is 4. The molecule has 4 aliphatic rings. The van der Waals surface area contributed by atoms with Crippen molar-refractivity contribution in [2.45, 2.75) is 96.3 Å². The van der Waals surface area contributed by atoms with Crippen LogP contribution >= 0.6 is 0 Å². The van der Waals surface area contributed by atoms with E-state index in [-0.39, 0.29) is 0 Å². The molecule has 0 aromatic heterocycles. The fourth-order valence-corrected chi connectivity index (χ4v) is 5.40. The molecule has 2 heteroatoms. The zero-order chi connectivity index (χ0) is 14.1.